The normalized spacial score (nSPS) is 14.8. The lowest BCUT2D eigenvalue weighted by molar-refractivity contribution is -0.122. The van der Waals surface area contributed by atoms with E-state index in [0.717, 1.165) is 36.2 Å². The summed E-state index contributed by atoms with van der Waals surface area (Å²) in [5.74, 6) is 0.138. The molecule has 1 aliphatic carbocycles. The van der Waals surface area contributed by atoms with Gasteiger partial charge < -0.3 is 10.6 Å². The number of amides is 2. The minimum Gasteiger partial charge on any atom is -0.326 e. The zero-order chi connectivity index (χ0) is 13.1. The molecular formula is C14H18N2O2. The molecule has 0 bridgehead atoms. The van der Waals surface area contributed by atoms with Crippen molar-refractivity contribution in [3.63, 3.8) is 0 Å². The number of benzene rings is 1. The van der Waals surface area contributed by atoms with Gasteiger partial charge >= 0.3 is 0 Å². The number of rotatable bonds is 3. The van der Waals surface area contributed by atoms with Gasteiger partial charge in [0.15, 0.2) is 0 Å². The lowest BCUT2D eigenvalue weighted by Crippen LogP contribution is -2.28. The van der Waals surface area contributed by atoms with E-state index in [1.54, 1.807) is 0 Å². The third kappa shape index (κ3) is 2.70. The Morgan fingerprint density at radius 3 is 2.28 bits per heavy atom. The van der Waals surface area contributed by atoms with Crippen molar-refractivity contribution in [2.45, 2.75) is 33.1 Å². The zero-order valence-corrected chi connectivity index (χ0v) is 10.7. The number of carbonyl (C=O) groups excluding carboxylic acids is 2. The second-order valence-corrected chi connectivity index (χ2v) is 4.78. The molecule has 1 saturated carbocycles. The molecule has 2 amide bonds. The molecule has 0 atom stereocenters. The molecular weight excluding hydrogens is 228 g/mol. The van der Waals surface area contributed by atoms with Crippen LogP contribution >= 0.6 is 0 Å². The first-order valence-corrected chi connectivity index (χ1v) is 6.26. The minimum absolute atomic E-state index is 0.0873. The molecule has 2 N–H and O–H groups in total. The molecule has 18 heavy (non-hydrogen) atoms. The average Bonchev–Trinajstić information content (AvgIpc) is 2.20. The van der Waals surface area contributed by atoms with Gasteiger partial charge in [0.1, 0.15) is 0 Å². The summed E-state index contributed by atoms with van der Waals surface area (Å²) in [4.78, 5) is 22.9. The summed E-state index contributed by atoms with van der Waals surface area (Å²) in [7, 11) is 0. The SMILES string of the molecule is CC(=O)Nc1cccc(NC(=O)C2CCC2)c1C. The van der Waals surface area contributed by atoms with Crippen LogP contribution in [0.5, 0.6) is 0 Å². The molecule has 0 heterocycles. The highest BCUT2D eigenvalue weighted by Gasteiger charge is 2.25. The Kier molecular flexibility index (Phi) is 3.65. The molecule has 1 fully saturated rings. The second kappa shape index (κ2) is 5.21. The largest absolute Gasteiger partial charge is 0.326 e. The molecule has 0 aliphatic heterocycles. The van der Waals surface area contributed by atoms with Gasteiger partial charge in [-0.05, 0) is 37.5 Å². The lowest BCUT2D eigenvalue weighted by Gasteiger charge is -2.24. The third-order valence-electron chi connectivity index (χ3n) is 3.38. The average molecular weight is 246 g/mol. The van der Waals surface area contributed by atoms with Crippen LogP contribution < -0.4 is 10.6 Å². The summed E-state index contributed by atoms with van der Waals surface area (Å²) >= 11 is 0. The van der Waals surface area contributed by atoms with Gasteiger partial charge in [0.25, 0.3) is 0 Å². The minimum atomic E-state index is -0.111. The Morgan fingerprint density at radius 2 is 1.78 bits per heavy atom. The molecule has 0 radical (unpaired) electrons. The first kappa shape index (κ1) is 12.6. The number of hydrogen-bond acceptors (Lipinski definition) is 2. The Morgan fingerprint density at radius 1 is 1.17 bits per heavy atom. The Labute approximate surface area is 107 Å². The third-order valence-corrected chi connectivity index (χ3v) is 3.38. The molecule has 1 aromatic carbocycles. The van der Waals surface area contributed by atoms with Crippen molar-refractivity contribution in [2.24, 2.45) is 5.92 Å². The van der Waals surface area contributed by atoms with Crippen molar-refractivity contribution in [3.8, 4) is 0 Å². The van der Waals surface area contributed by atoms with E-state index in [-0.39, 0.29) is 17.7 Å². The summed E-state index contributed by atoms with van der Waals surface area (Å²) in [6.07, 6.45) is 3.11. The van der Waals surface area contributed by atoms with E-state index in [1.165, 1.54) is 6.92 Å². The number of hydrogen-bond donors (Lipinski definition) is 2. The van der Waals surface area contributed by atoms with Gasteiger partial charge in [-0.1, -0.05) is 12.5 Å². The maximum atomic E-state index is 11.9. The highest BCUT2D eigenvalue weighted by Crippen LogP contribution is 2.29. The van der Waals surface area contributed by atoms with Crippen molar-refractivity contribution < 1.29 is 9.59 Å². The van der Waals surface area contributed by atoms with Crippen LogP contribution in [0.25, 0.3) is 0 Å². The summed E-state index contributed by atoms with van der Waals surface area (Å²) < 4.78 is 0. The highest BCUT2D eigenvalue weighted by atomic mass is 16.2. The van der Waals surface area contributed by atoms with Crippen LogP contribution in [-0.2, 0) is 9.59 Å². The van der Waals surface area contributed by atoms with E-state index in [9.17, 15) is 9.59 Å². The van der Waals surface area contributed by atoms with Gasteiger partial charge in [-0.15, -0.1) is 0 Å². The van der Waals surface area contributed by atoms with E-state index in [4.69, 9.17) is 0 Å². The van der Waals surface area contributed by atoms with Gasteiger partial charge in [-0.2, -0.15) is 0 Å². The fourth-order valence-corrected chi connectivity index (χ4v) is 2.00. The van der Waals surface area contributed by atoms with Crippen LogP contribution in [0.2, 0.25) is 0 Å². The summed E-state index contributed by atoms with van der Waals surface area (Å²) in [6.45, 7) is 3.36. The van der Waals surface area contributed by atoms with Crippen LogP contribution in [0.4, 0.5) is 11.4 Å². The summed E-state index contributed by atoms with van der Waals surface area (Å²) in [5, 5.41) is 5.69. The van der Waals surface area contributed by atoms with E-state index < -0.39 is 0 Å². The predicted octanol–water partition coefficient (Wildman–Crippen LogP) is 2.69. The molecule has 1 aromatic rings. The lowest BCUT2D eigenvalue weighted by atomic mass is 9.85. The van der Waals surface area contributed by atoms with Crippen LogP contribution in [0.3, 0.4) is 0 Å². The van der Waals surface area contributed by atoms with Crippen molar-refractivity contribution in [2.75, 3.05) is 10.6 Å². The highest BCUT2D eigenvalue weighted by molar-refractivity contribution is 5.96. The molecule has 0 unspecified atom stereocenters. The fourth-order valence-electron chi connectivity index (χ4n) is 2.00. The van der Waals surface area contributed by atoms with Gasteiger partial charge in [0.2, 0.25) is 11.8 Å². The molecule has 0 spiro atoms. The van der Waals surface area contributed by atoms with Crippen LogP contribution in [0.15, 0.2) is 18.2 Å². The van der Waals surface area contributed by atoms with Gasteiger partial charge in [-0.3, -0.25) is 9.59 Å². The first-order valence-electron chi connectivity index (χ1n) is 6.26. The second-order valence-electron chi connectivity index (χ2n) is 4.78. The Hall–Kier alpha value is -1.84. The quantitative estimate of drug-likeness (QED) is 0.861. The van der Waals surface area contributed by atoms with E-state index >= 15 is 0 Å². The van der Waals surface area contributed by atoms with Gasteiger partial charge in [0, 0.05) is 24.2 Å². The fraction of sp³-hybridized carbons (Fsp3) is 0.429. The Balaban J connectivity index is 2.12. The maximum Gasteiger partial charge on any atom is 0.227 e. The van der Waals surface area contributed by atoms with E-state index in [0.29, 0.717) is 0 Å². The van der Waals surface area contributed by atoms with E-state index in [1.807, 2.05) is 25.1 Å². The van der Waals surface area contributed by atoms with Crippen molar-refractivity contribution in [1.29, 1.82) is 0 Å². The molecule has 1 aliphatic rings. The van der Waals surface area contributed by atoms with Crippen LogP contribution in [0.1, 0.15) is 31.7 Å². The maximum absolute atomic E-state index is 11.9. The van der Waals surface area contributed by atoms with Crippen molar-refractivity contribution in [3.05, 3.63) is 23.8 Å². The molecule has 4 nitrogen and oxygen atoms in total. The molecule has 2 rings (SSSR count). The molecule has 0 saturated heterocycles. The number of nitrogens with one attached hydrogen (secondary N) is 2. The van der Waals surface area contributed by atoms with Crippen molar-refractivity contribution >= 4 is 23.2 Å². The van der Waals surface area contributed by atoms with Gasteiger partial charge in [0.05, 0.1) is 0 Å². The monoisotopic (exact) mass is 246 g/mol. The Bertz CT molecular complexity index is 479. The molecule has 0 aromatic heterocycles. The first-order chi connectivity index (χ1) is 8.58. The van der Waals surface area contributed by atoms with Crippen molar-refractivity contribution in [1.82, 2.24) is 0 Å². The smallest absolute Gasteiger partial charge is 0.227 e. The number of anilines is 2. The summed E-state index contributed by atoms with van der Waals surface area (Å²) in [6, 6.07) is 5.52. The van der Waals surface area contributed by atoms with Gasteiger partial charge in [-0.25, -0.2) is 0 Å². The predicted molar refractivity (Wildman–Crippen MR) is 71.5 cm³/mol. The molecule has 4 heteroatoms. The van der Waals surface area contributed by atoms with Crippen LogP contribution in [-0.4, -0.2) is 11.8 Å². The standard InChI is InChI=1S/C14H18N2O2/c1-9-12(15-10(2)17)7-4-8-13(9)16-14(18)11-5-3-6-11/h4,7-8,11H,3,5-6H2,1-2H3,(H,15,17)(H,16,18). The molecule has 96 valence electrons. The summed E-state index contributed by atoms with van der Waals surface area (Å²) in [5.41, 5.74) is 2.41. The zero-order valence-electron chi connectivity index (χ0n) is 10.7. The number of carbonyl (C=O) groups is 2. The van der Waals surface area contributed by atoms with E-state index in [2.05, 4.69) is 10.6 Å². The van der Waals surface area contributed by atoms with Crippen LogP contribution in [0, 0.1) is 12.8 Å². The topological polar surface area (TPSA) is 58.2 Å².